The molecule has 3 rings (SSSR count). The van der Waals surface area contributed by atoms with E-state index in [2.05, 4.69) is 10.0 Å². The first kappa shape index (κ1) is 20.2. The maximum absolute atomic E-state index is 12.4. The van der Waals surface area contributed by atoms with Crippen molar-refractivity contribution in [2.24, 2.45) is 0 Å². The zero-order valence-corrected chi connectivity index (χ0v) is 16.5. The van der Waals surface area contributed by atoms with Crippen LogP contribution in [0, 0.1) is 0 Å². The molecule has 7 nitrogen and oxygen atoms in total. The normalized spacial score (nSPS) is 10.8. The van der Waals surface area contributed by atoms with Crippen molar-refractivity contribution in [3.63, 3.8) is 0 Å². The van der Waals surface area contributed by atoms with Crippen LogP contribution in [-0.2, 0) is 14.8 Å². The molecule has 29 heavy (non-hydrogen) atoms. The van der Waals surface area contributed by atoms with Gasteiger partial charge in [0.1, 0.15) is 11.5 Å². The molecule has 3 aromatic rings. The molecule has 2 N–H and O–H groups in total. The average Bonchev–Trinajstić information content (AvgIpc) is 2.73. The largest absolute Gasteiger partial charge is 0.497 e. The third kappa shape index (κ3) is 5.73. The number of rotatable bonds is 8. The first-order valence-corrected chi connectivity index (χ1v) is 10.2. The zero-order chi connectivity index (χ0) is 20.7. The van der Waals surface area contributed by atoms with Crippen LogP contribution < -0.4 is 19.5 Å². The van der Waals surface area contributed by atoms with Crippen LogP contribution in [0.1, 0.15) is 0 Å². The highest BCUT2D eigenvalue weighted by Crippen LogP contribution is 2.20. The van der Waals surface area contributed by atoms with Crippen molar-refractivity contribution in [1.29, 1.82) is 0 Å². The number of hydrogen-bond donors (Lipinski definition) is 2. The summed E-state index contributed by atoms with van der Waals surface area (Å²) in [6, 6.07) is 21.4. The number of nitrogens with one attached hydrogen (secondary N) is 2. The molecule has 3 aromatic carbocycles. The minimum atomic E-state index is -3.71. The molecular formula is C21H20N2O5S. The number of sulfonamides is 1. The summed E-state index contributed by atoms with van der Waals surface area (Å²) < 4.78 is 37.8. The number of anilines is 2. The van der Waals surface area contributed by atoms with Crippen molar-refractivity contribution >= 4 is 27.3 Å². The Labute approximate surface area is 169 Å². The number of ether oxygens (including phenoxy) is 2. The maximum Gasteiger partial charge on any atom is 0.262 e. The molecule has 0 aliphatic carbocycles. The van der Waals surface area contributed by atoms with Crippen LogP contribution in [0.5, 0.6) is 11.5 Å². The predicted molar refractivity (Wildman–Crippen MR) is 111 cm³/mol. The van der Waals surface area contributed by atoms with E-state index in [0.717, 1.165) is 0 Å². The molecule has 0 bridgehead atoms. The van der Waals surface area contributed by atoms with Crippen molar-refractivity contribution in [1.82, 2.24) is 0 Å². The minimum Gasteiger partial charge on any atom is -0.497 e. The van der Waals surface area contributed by atoms with Crippen molar-refractivity contribution in [3.8, 4) is 11.5 Å². The first-order chi connectivity index (χ1) is 14.0. The van der Waals surface area contributed by atoms with Crippen molar-refractivity contribution in [2.75, 3.05) is 23.8 Å². The van der Waals surface area contributed by atoms with Crippen LogP contribution in [0.25, 0.3) is 0 Å². The number of para-hydroxylation sites is 1. The number of benzene rings is 3. The lowest BCUT2D eigenvalue weighted by atomic mass is 10.3. The molecule has 0 spiro atoms. The van der Waals surface area contributed by atoms with E-state index >= 15 is 0 Å². The molecule has 0 aliphatic heterocycles. The molecule has 8 heteroatoms. The zero-order valence-electron chi connectivity index (χ0n) is 15.7. The summed E-state index contributed by atoms with van der Waals surface area (Å²) in [6.45, 7) is -0.217. The molecule has 150 valence electrons. The molecule has 0 radical (unpaired) electrons. The Morgan fingerprint density at radius 3 is 2.24 bits per heavy atom. The summed E-state index contributed by atoms with van der Waals surface area (Å²) in [5.41, 5.74) is 1.06. The third-order valence-corrected chi connectivity index (χ3v) is 5.28. The molecule has 0 saturated carbocycles. The van der Waals surface area contributed by atoms with Gasteiger partial charge < -0.3 is 14.8 Å². The van der Waals surface area contributed by atoms with Gasteiger partial charge in [0.2, 0.25) is 0 Å². The fourth-order valence-corrected chi connectivity index (χ4v) is 3.54. The van der Waals surface area contributed by atoms with Gasteiger partial charge in [0, 0.05) is 17.4 Å². The van der Waals surface area contributed by atoms with E-state index in [1.165, 1.54) is 24.3 Å². The predicted octanol–water partition coefficient (Wildman–Crippen LogP) is 3.51. The Bertz CT molecular complexity index is 1070. The molecule has 0 aliphatic rings. The highest BCUT2D eigenvalue weighted by atomic mass is 32.2. The van der Waals surface area contributed by atoms with Gasteiger partial charge in [-0.25, -0.2) is 8.42 Å². The highest BCUT2D eigenvalue weighted by molar-refractivity contribution is 7.92. The summed E-state index contributed by atoms with van der Waals surface area (Å²) >= 11 is 0. The van der Waals surface area contributed by atoms with Gasteiger partial charge in [-0.1, -0.05) is 24.3 Å². The number of hydrogen-bond acceptors (Lipinski definition) is 5. The molecule has 0 atom stereocenters. The van der Waals surface area contributed by atoms with E-state index < -0.39 is 10.0 Å². The lowest BCUT2D eigenvalue weighted by molar-refractivity contribution is -0.118. The molecule has 0 heterocycles. The second-order valence-corrected chi connectivity index (χ2v) is 7.69. The smallest absolute Gasteiger partial charge is 0.262 e. The Morgan fingerprint density at radius 1 is 0.862 bits per heavy atom. The Balaban J connectivity index is 1.56. The summed E-state index contributed by atoms with van der Waals surface area (Å²) in [6.07, 6.45) is 0. The van der Waals surface area contributed by atoms with Gasteiger partial charge in [-0.05, 0) is 48.5 Å². The van der Waals surface area contributed by atoms with Gasteiger partial charge in [0.15, 0.2) is 6.61 Å². The van der Waals surface area contributed by atoms with Gasteiger partial charge in [-0.2, -0.15) is 0 Å². The summed E-state index contributed by atoms with van der Waals surface area (Å²) in [5.74, 6) is 0.662. The van der Waals surface area contributed by atoms with E-state index in [9.17, 15) is 13.2 Å². The lowest BCUT2D eigenvalue weighted by Gasteiger charge is -2.10. The van der Waals surface area contributed by atoms with E-state index in [-0.39, 0.29) is 17.4 Å². The molecule has 1 amide bonds. The Kier molecular flexibility index (Phi) is 6.36. The minimum absolute atomic E-state index is 0.0922. The second-order valence-electron chi connectivity index (χ2n) is 6.01. The topological polar surface area (TPSA) is 93.7 Å². The summed E-state index contributed by atoms with van der Waals surface area (Å²) in [4.78, 5) is 12.1. The summed E-state index contributed by atoms with van der Waals surface area (Å²) in [5, 5.41) is 2.70. The van der Waals surface area contributed by atoms with Crippen LogP contribution in [0.4, 0.5) is 11.4 Å². The van der Waals surface area contributed by atoms with Crippen LogP contribution in [0.3, 0.4) is 0 Å². The first-order valence-electron chi connectivity index (χ1n) is 8.71. The molecule has 0 aromatic heterocycles. The second kappa shape index (κ2) is 9.11. The monoisotopic (exact) mass is 412 g/mol. The van der Waals surface area contributed by atoms with Gasteiger partial charge in [0.25, 0.3) is 15.9 Å². The van der Waals surface area contributed by atoms with Crippen molar-refractivity contribution < 1.29 is 22.7 Å². The van der Waals surface area contributed by atoms with Crippen LogP contribution in [-0.4, -0.2) is 28.0 Å². The maximum atomic E-state index is 12.4. The standard InChI is InChI=1S/C21H20N2O5S/c1-27-19-9-5-8-17(14-19)22-21(24)15-28-18-10-12-20(13-11-18)29(25,26)23-16-6-3-2-4-7-16/h2-14,23H,15H2,1H3,(H,22,24). The van der Waals surface area contributed by atoms with Crippen LogP contribution >= 0.6 is 0 Å². The highest BCUT2D eigenvalue weighted by Gasteiger charge is 2.14. The number of amides is 1. The SMILES string of the molecule is COc1cccc(NC(=O)COc2ccc(S(=O)(=O)Nc3ccccc3)cc2)c1. The third-order valence-electron chi connectivity index (χ3n) is 3.88. The number of carbonyl (C=O) groups excluding carboxylic acids is 1. The van der Waals surface area contributed by atoms with E-state index in [0.29, 0.717) is 22.9 Å². The van der Waals surface area contributed by atoms with E-state index in [4.69, 9.17) is 9.47 Å². The lowest BCUT2D eigenvalue weighted by Crippen LogP contribution is -2.20. The molecule has 0 unspecified atom stereocenters. The Morgan fingerprint density at radius 2 is 1.55 bits per heavy atom. The van der Waals surface area contributed by atoms with Crippen molar-refractivity contribution in [3.05, 3.63) is 78.9 Å². The number of carbonyl (C=O) groups is 1. The van der Waals surface area contributed by atoms with Crippen molar-refractivity contribution in [2.45, 2.75) is 4.90 Å². The average molecular weight is 412 g/mol. The summed E-state index contributed by atoms with van der Waals surface area (Å²) in [7, 11) is -2.16. The molecule has 0 saturated heterocycles. The van der Waals surface area contributed by atoms with Crippen LogP contribution in [0.2, 0.25) is 0 Å². The van der Waals surface area contributed by atoms with E-state index in [1.807, 2.05) is 0 Å². The number of methoxy groups -OCH3 is 1. The molecular weight excluding hydrogens is 392 g/mol. The van der Waals surface area contributed by atoms with Gasteiger partial charge in [0.05, 0.1) is 12.0 Å². The van der Waals surface area contributed by atoms with E-state index in [1.54, 1.807) is 61.7 Å². The molecule has 0 fully saturated rings. The Hall–Kier alpha value is -3.52. The van der Waals surface area contributed by atoms with Gasteiger partial charge in [-0.3, -0.25) is 9.52 Å². The van der Waals surface area contributed by atoms with Gasteiger partial charge >= 0.3 is 0 Å². The fraction of sp³-hybridized carbons (Fsp3) is 0.0952. The van der Waals surface area contributed by atoms with Gasteiger partial charge in [-0.15, -0.1) is 0 Å². The quantitative estimate of drug-likeness (QED) is 0.591. The fourth-order valence-electron chi connectivity index (χ4n) is 2.48. The van der Waals surface area contributed by atoms with Crippen LogP contribution in [0.15, 0.2) is 83.8 Å².